The number of amides is 2. The molecular formula is C19H20N2O4. The van der Waals surface area contributed by atoms with Gasteiger partial charge in [0.05, 0.1) is 12.8 Å². The number of carbonyl (C=O) groups excluding carboxylic acids is 2. The number of aryl methyl sites for hydroxylation is 1. The van der Waals surface area contributed by atoms with Crippen molar-refractivity contribution < 1.29 is 19.4 Å². The maximum atomic E-state index is 12.6. The predicted molar refractivity (Wildman–Crippen MR) is 94.1 cm³/mol. The molecule has 0 atom stereocenters. The second-order valence-electron chi connectivity index (χ2n) is 5.95. The van der Waals surface area contributed by atoms with Crippen LogP contribution in [0.4, 0.5) is 5.69 Å². The predicted octanol–water partition coefficient (Wildman–Crippen LogP) is 2.20. The third-order valence-electron chi connectivity index (χ3n) is 4.33. The summed E-state index contributed by atoms with van der Waals surface area (Å²) in [5.74, 6) is 0.411. The lowest BCUT2D eigenvalue weighted by Crippen LogP contribution is -2.52. The molecule has 0 aromatic heterocycles. The van der Waals surface area contributed by atoms with Gasteiger partial charge in [-0.1, -0.05) is 12.1 Å². The lowest BCUT2D eigenvalue weighted by molar-refractivity contribution is -0.120. The number of aromatic hydroxyl groups is 1. The smallest absolute Gasteiger partial charge is 0.254 e. The van der Waals surface area contributed by atoms with Gasteiger partial charge in [0, 0.05) is 18.7 Å². The highest BCUT2D eigenvalue weighted by Gasteiger charge is 2.30. The van der Waals surface area contributed by atoms with Gasteiger partial charge in [0.25, 0.3) is 5.91 Å². The molecule has 1 aliphatic rings. The zero-order valence-corrected chi connectivity index (χ0v) is 14.2. The number of nitrogens with zero attached hydrogens (tertiary/aromatic N) is 2. The molecular weight excluding hydrogens is 320 g/mol. The normalized spacial score (nSPS) is 14.6. The Bertz CT molecular complexity index is 819. The van der Waals surface area contributed by atoms with Gasteiger partial charge < -0.3 is 19.6 Å². The average Bonchev–Trinajstić information content (AvgIpc) is 2.63. The highest BCUT2D eigenvalue weighted by Crippen LogP contribution is 2.29. The van der Waals surface area contributed by atoms with E-state index in [1.165, 1.54) is 11.0 Å². The highest BCUT2D eigenvalue weighted by molar-refractivity contribution is 6.02. The lowest BCUT2D eigenvalue weighted by Gasteiger charge is -2.35. The number of carbonyl (C=O) groups is 2. The Balaban J connectivity index is 1.76. The summed E-state index contributed by atoms with van der Waals surface area (Å²) in [6.07, 6.45) is 0. The van der Waals surface area contributed by atoms with Crippen molar-refractivity contribution in [1.29, 1.82) is 0 Å². The Labute approximate surface area is 146 Å². The van der Waals surface area contributed by atoms with Crippen LogP contribution in [0.1, 0.15) is 15.9 Å². The van der Waals surface area contributed by atoms with E-state index in [-0.39, 0.29) is 24.1 Å². The van der Waals surface area contributed by atoms with E-state index in [0.29, 0.717) is 35.7 Å². The molecule has 1 N–H and O–H groups in total. The molecule has 6 heteroatoms. The molecule has 0 saturated carbocycles. The van der Waals surface area contributed by atoms with Crippen LogP contribution in [-0.2, 0) is 4.79 Å². The number of rotatable bonds is 3. The molecule has 2 aromatic rings. The van der Waals surface area contributed by atoms with Crippen LogP contribution in [0.25, 0.3) is 0 Å². The minimum Gasteiger partial charge on any atom is -0.508 e. The SMILES string of the molecule is COc1ccccc1N1CCN(C(=O)c2ccc(O)c(C)c2)CC1=O. The van der Waals surface area contributed by atoms with E-state index in [2.05, 4.69) is 0 Å². The van der Waals surface area contributed by atoms with Gasteiger partial charge in [-0.2, -0.15) is 0 Å². The van der Waals surface area contributed by atoms with Crippen LogP contribution in [0.2, 0.25) is 0 Å². The summed E-state index contributed by atoms with van der Waals surface area (Å²) < 4.78 is 5.32. The Morgan fingerprint density at radius 2 is 1.92 bits per heavy atom. The average molecular weight is 340 g/mol. The van der Waals surface area contributed by atoms with Crippen LogP contribution in [0.5, 0.6) is 11.5 Å². The van der Waals surface area contributed by atoms with Crippen LogP contribution in [0.15, 0.2) is 42.5 Å². The van der Waals surface area contributed by atoms with E-state index >= 15 is 0 Å². The van der Waals surface area contributed by atoms with Crippen molar-refractivity contribution in [2.24, 2.45) is 0 Å². The van der Waals surface area contributed by atoms with Crippen LogP contribution < -0.4 is 9.64 Å². The summed E-state index contributed by atoms with van der Waals surface area (Å²) in [5, 5.41) is 9.59. The van der Waals surface area contributed by atoms with Gasteiger partial charge in [0.15, 0.2) is 0 Å². The molecule has 1 aliphatic heterocycles. The second-order valence-corrected chi connectivity index (χ2v) is 5.95. The van der Waals surface area contributed by atoms with Gasteiger partial charge >= 0.3 is 0 Å². The number of para-hydroxylation sites is 2. The first-order chi connectivity index (χ1) is 12.0. The number of hydrogen-bond acceptors (Lipinski definition) is 4. The zero-order valence-electron chi connectivity index (χ0n) is 14.2. The summed E-state index contributed by atoms with van der Waals surface area (Å²) in [6.45, 7) is 2.58. The van der Waals surface area contributed by atoms with Crippen molar-refractivity contribution in [3.63, 3.8) is 0 Å². The van der Waals surface area contributed by atoms with Gasteiger partial charge in [0.2, 0.25) is 5.91 Å². The van der Waals surface area contributed by atoms with E-state index in [9.17, 15) is 14.7 Å². The molecule has 3 rings (SSSR count). The fraction of sp³-hybridized carbons (Fsp3) is 0.263. The second kappa shape index (κ2) is 6.84. The monoisotopic (exact) mass is 340 g/mol. The van der Waals surface area contributed by atoms with Crippen LogP contribution in [-0.4, -0.2) is 48.6 Å². The molecule has 0 radical (unpaired) electrons. The van der Waals surface area contributed by atoms with Gasteiger partial charge in [-0.3, -0.25) is 9.59 Å². The molecule has 1 saturated heterocycles. The van der Waals surface area contributed by atoms with Crippen molar-refractivity contribution in [3.8, 4) is 11.5 Å². The Morgan fingerprint density at radius 1 is 1.16 bits per heavy atom. The van der Waals surface area contributed by atoms with Crippen molar-refractivity contribution in [2.45, 2.75) is 6.92 Å². The van der Waals surface area contributed by atoms with Gasteiger partial charge in [0.1, 0.15) is 18.0 Å². The minimum absolute atomic E-state index is 0.0107. The summed E-state index contributed by atoms with van der Waals surface area (Å²) in [7, 11) is 1.57. The van der Waals surface area contributed by atoms with E-state index in [0.717, 1.165) is 0 Å². The number of hydrogen-bond donors (Lipinski definition) is 1. The minimum atomic E-state index is -0.212. The third-order valence-corrected chi connectivity index (χ3v) is 4.33. The standard InChI is InChI=1S/C19H20N2O4/c1-13-11-14(7-8-16(13)22)19(24)20-9-10-21(18(23)12-20)15-5-3-4-6-17(15)25-2/h3-8,11,22H,9-10,12H2,1-2H3. The number of methoxy groups -OCH3 is 1. The number of ether oxygens (including phenoxy) is 1. The molecule has 130 valence electrons. The van der Waals surface area contributed by atoms with Crippen LogP contribution >= 0.6 is 0 Å². The van der Waals surface area contributed by atoms with Crippen molar-refractivity contribution >= 4 is 17.5 Å². The summed E-state index contributed by atoms with van der Waals surface area (Å²) in [4.78, 5) is 28.4. The zero-order chi connectivity index (χ0) is 18.0. The van der Waals surface area contributed by atoms with Crippen LogP contribution in [0, 0.1) is 6.92 Å². The van der Waals surface area contributed by atoms with Gasteiger partial charge in [-0.25, -0.2) is 0 Å². The topological polar surface area (TPSA) is 70.1 Å². The van der Waals surface area contributed by atoms with E-state index in [1.807, 2.05) is 18.2 Å². The lowest BCUT2D eigenvalue weighted by atomic mass is 10.1. The molecule has 1 fully saturated rings. The number of piperazine rings is 1. The molecule has 1 heterocycles. The Kier molecular flexibility index (Phi) is 4.61. The molecule has 0 bridgehead atoms. The van der Waals surface area contributed by atoms with Crippen LogP contribution in [0.3, 0.4) is 0 Å². The fourth-order valence-electron chi connectivity index (χ4n) is 2.93. The molecule has 0 unspecified atom stereocenters. The van der Waals surface area contributed by atoms with E-state index in [4.69, 9.17) is 4.74 Å². The molecule has 25 heavy (non-hydrogen) atoms. The quantitative estimate of drug-likeness (QED) is 0.930. The van der Waals surface area contributed by atoms with Gasteiger partial charge in [-0.05, 0) is 42.8 Å². The van der Waals surface area contributed by atoms with E-state index in [1.54, 1.807) is 37.1 Å². The van der Waals surface area contributed by atoms with Gasteiger partial charge in [-0.15, -0.1) is 0 Å². The fourth-order valence-corrected chi connectivity index (χ4v) is 2.93. The molecule has 2 amide bonds. The maximum absolute atomic E-state index is 12.6. The first-order valence-electron chi connectivity index (χ1n) is 8.03. The number of benzene rings is 2. The number of phenols is 1. The first-order valence-corrected chi connectivity index (χ1v) is 8.03. The summed E-state index contributed by atoms with van der Waals surface area (Å²) in [5.41, 5.74) is 1.81. The molecule has 6 nitrogen and oxygen atoms in total. The first kappa shape index (κ1) is 16.8. The summed E-state index contributed by atoms with van der Waals surface area (Å²) >= 11 is 0. The third kappa shape index (κ3) is 3.28. The highest BCUT2D eigenvalue weighted by atomic mass is 16.5. The molecule has 0 spiro atoms. The number of anilines is 1. The number of phenolic OH excluding ortho intramolecular Hbond substituents is 1. The Hall–Kier alpha value is -3.02. The molecule has 0 aliphatic carbocycles. The maximum Gasteiger partial charge on any atom is 0.254 e. The molecule has 2 aromatic carbocycles. The van der Waals surface area contributed by atoms with Crippen molar-refractivity contribution in [3.05, 3.63) is 53.6 Å². The summed E-state index contributed by atoms with van der Waals surface area (Å²) in [6, 6.07) is 12.0. The van der Waals surface area contributed by atoms with E-state index < -0.39 is 0 Å². The Morgan fingerprint density at radius 3 is 2.60 bits per heavy atom. The van der Waals surface area contributed by atoms with Crippen molar-refractivity contribution in [1.82, 2.24) is 4.90 Å². The largest absolute Gasteiger partial charge is 0.508 e. The van der Waals surface area contributed by atoms with Crippen molar-refractivity contribution in [2.75, 3.05) is 31.6 Å².